The molecule has 0 heterocycles. The van der Waals surface area contributed by atoms with Gasteiger partial charge < -0.3 is 11.1 Å². The highest BCUT2D eigenvalue weighted by atomic mass is 32.2. The Labute approximate surface area is 144 Å². The molecule has 0 atom stereocenters. The van der Waals surface area contributed by atoms with Crippen LogP contribution in [0.5, 0.6) is 0 Å². The summed E-state index contributed by atoms with van der Waals surface area (Å²) >= 11 is 0. The summed E-state index contributed by atoms with van der Waals surface area (Å²) in [5.41, 5.74) is 5.27. The molecule has 2 rings (SSSR count). The number of carbonyl (C=O) groups excluding carboxylic acids is 1. The number of nitrogens with two attached hydrogens (primary N) is 1. The lowest BCUT2D eigenvalue weighted by Crippen LogP contribution is -2.51. The van der Waals surface area contributed by atoms with Crippen molar-refractivity contribution in [2.75, 3.05) is 0 Å². The van der Waals surface area contributed by atoms with Crippen molar-refractivity contribution < 1.29 is 13.2 Å². The molecule has 1 fully saturated rings. The van der Waals surface area contributed by atoms with Crippen LogP contribution in [0.25, 0.3) is 0 Å². The average Bonchev–Trinajstić information content (AvgIpc) is 2.90. The van der Waals surface area contributed by atoms with Gasteiger partial charge in [-0.25, -0.2) is 13.1 Å². The van der Waals surface area contributed by atoms with E-state index in [9.17, 15) is 13.2 Å². The Kier molecular flexibility index (Phi) is 5.37. The summed E-state index contributed by atoms with van der Waals surface area (Å²) in [6.07, 6.45) is 3.24. The lowest BCUT2D eigenvalue weighted by Gasteiger charge is -2.24. The molecule has 1 aliphatic carbocycles. The number of nitrogens with one attached hydrogen (secondary N) is 2. The van der Waals surface area contributed by atoms with Crippen molar-refractivity contribution >= 4 is 15.9 Å². The van der Waals surface area contributed by atoms with Crippen LogP contribution in [0.4, 0.5) is 0 Å². The second kappa shape index (κ2) is 6.82. The number of benzene rings is 1. The van der Waals surface area contributed by atoms with E-state index in [0.29, 0.717) is 18.4 Å². The van der Waals surface area contributed by atoms with Gasteiger partial charge in [0.05, 0.1) is 10.4 Å². The molecular weight excluding hydrogens is 326 g/mol. The van der Waals surface area contributed by atoms with Crippen molar-refractivity contribution in [2.45, 2.75) is 69.0 Å². The molecule has 0 aliphatic heterocycles. The van der Waals surface area contributed by atoms with Crippen LogP contribution >= 0.6 is 0 Å². The van der Waals surface area contributed by atoms with Crippen molar-refractivity contribution in [3.63, 3.8) is 0 Å². The van der Waals surface area contributed by atoms with E-state index in [1.165, 1.54) is 0 Å². The Hall–Kier alpha value is -1.44. The number of hydrogen-bond acceptors (Lipinski definition) is 4. The van der Waals surface area contributed by atoms with Crippen LogP contribution in [0.15, 0.2) is 29.2 Å². The molecule has 0 spiro atoms. The van der Waals surface area contributed by atoms with Gasteiger partial charge in [-0.1, -0.05) is 31.0 Å². The highest BCUT2D eigenvalue weighted by Gasteiger charge is 2.36. The molecule has 4 N–H and O–H groups in total. The van der Waals surface area contributed by atoms with Crippen LogP contribution in [-0.4, -0.2) is 25.4 Å². The van der Waals surface area contributed by atoms with Crippen LogP contribution in [0.2, 0.25) is 0 Å². The second-order valence-electron chi connectivity index (χ2n) is 7.51. The minimum Gasteiger partial charge on any atom is -0.350 e. The SMILES string of the molecule is CC(C)(C)NS(=O)(=O)c1ccccc1CNC(=O)C1(N)CCCC1. The van der Waals surface area contributed by atoms with Crippen LogP contribution in [-0.2, 0) is 21.4 Å². The Morgan fingerprint density at radius 3 is 2.38 bits per heavy atom. The molecular formula is C17H27N3O3S. The Morgan fingerprint density at radius 2 is 1.79 bits per heavy atom. The van der Waals surface area contributed by atoms with Crippen LogP contribution < -0.4 is 15.8 Å². The van der Waals surface area contributed by atoms with E-state index >= 15 is 0 Å². The highest BCUT2D eigenvalue weighted by Crippen LogP contribution is 2.27. The lowest BCUT2D eigenvalue weighted by atomic mass is 9.98. The second-order valence-corrected chi connectivity index (χ2v) is 9.16. The first kappa shape index (κ1) is 18.9. The number of amides is 1. The lowest BCUT2D eigenvalue weighted by molar-refractivity contribution is -0.126. The van der Waals surface area contributed by atoms with E-state index in [1.807, 2.05) is 0 Å². The fourth-order valence-electron chi connectivity index (χ4n) is 2.95. The molecule has 1 amide bonds. The zero-order chi connectivity index (χ0) is 18.0. The van der Waals surface area contributed by atoms with Gasteiger partial charge in [-0.2, -0.15) is 0 Å². The van der Waals surface area contributed by atoms with E-state index in [1.54, 1.807) is 45.0 Å². The molecule has 0 radical (unpaired) electrons. The summed E-state index contributed by atoms with van der Waals surface area (Å²) in [7, 11) is -3.66. The summed E-state index contributed by atoms with van der Waals surface area (Å²) in [5.74, 6) is -0.212. The third-order valence-corrected chi connectivity index (χ3v) is 5.95. The Balaban J connectivity index is 2.16. The van der Waals surface area contributed by atoms with E-state index in [-0.39, 0.29) is 17.3 Å². The van der Waals surface area contributed by atoms with Gasteiger partial charge in [0.1, 0.15) is 0 Å². The number of carbonyl (C=O) groups is 1. The van der Waals surface area contributed by atoms with Crippen molar-refractivity contribution in [3.05, 3.63) is 29.8 Å². The summed E-state index contributed by atoms with van der Waals surface area (Å²) < 4.78 is 27.8. The molecule has 24 heavy (non-hydrogen) atoms. The van der Waals surface area contributed by atoms with E-state index < -0.39 is 21.1 Å². The fraction of sp³-hybridized carbons (Fsp3) is 0.588. The summed E-state index contributed by atoms with van der Waals surface area (Å²) in [5, 5.41) is 2.80. The number of rotatable bonds is 5. The van der Waals surface area contributed by atoms with Gasteiger partial charge in [-0.15, -0.1) is 0 Å². The van der Waals surface area contributed by atoms with Crippen LogP contribution in [0.1, 0.15) is 52.0 Å². The monoisotopic (exact) mass is 353 g/mol. The van der Waals surface area contributed by atoms with Gasteiger partial charge in [0, 0.05) is 12.1 Å². The van der Waals surface area contributed by atoms with Crippen molar-refractivity contribution in [3.8, 4) is 0 Å². The molecule has 1 saturated carbocycles. The zero-order valence-corrected chi connectivity index (χ0v) is 15.4. The normalized spacial score (nSPS) is 17.7. The van der Waals surface area contributed by atoms with Crippen LogP contribution in [0.3, 0.4) is 0 Å². The molecule has 6 nitrogen and oxygen atoms in total. The summed E-state index contributed by atoms with van der Waals surface area (Å²) in [4.78, 5) is 12.5. The molecule has 7 heteroatoms. The maximum absolute atomic E-state index is 12.6. The van der Waals surface area contributed by atoms with E-state index in [4.69, 9.17) is 5.73 Å². The summed E-state index contributed by atoms with van der Waals surface area (Å²) in [6, 6.07) is 6.67. The minimum atomic E-state index is -3.66. The topological polar surface area (TPSA) is 101 Å². The first-order valence-electron chi connectivity index (χ1n) is 8.23. The third-order valence-electron chi connectivity index (χ3n) is 4.09. The number of sulfonamides is 1. The van der Waals surface area contributed by atoms with Gasteiger partial charge in [-0.05, 0) is 45.2 Å². The Morgan fingerprint density at radius 1 is 1.21 bits per heavy atom. The van der Waals surface area contributed by atoms with Crippen molar-refractivity contribution in [1.82, 2.24) is 10.0 Å². The molecule has 1 aromatic carbocycles. The predicted molar refractivity (Wildman–Crippen MR) is 93.7 cm³/mol. The van der Waals surface area contributed by atoms with Gasteiger partial charge >= 0.3 is 0 Å². The quantitative estimate of drug-likeness (QED) is 0.749. The molecule has 0 unspecified atom stereocenters. The Bertz CT molecular complexity index is 702. The maximum Gasteiger partial charge on any atom is 0.241 e. The molecule has 0 aromatic heterocycles. The van der Waals surface area contributed by atoms with Crippen molar-refractivity contribution in [2.24, 2.45) is 5.73 Å². The first-order valence-corrected chi connectivity index (χ1v) is 9.71. The maximum atomic E-state index is 12.6. The first-order chi connectivity index (χ1) is 11.0. The summed E-state index contributed by atoms with van der Waals surface area (Å²) in [6.45, 7) is 5.49. The molecule has 1 aliphatic rings. The van der Waals surface area contributed by atoms with Gasteiger partial charge in [-0.3, -0.25) is 4.79 Å². The van der Waals surface area contributed by atoms with Crippen molar-refractivity contribution in [1.29, 1.82) is 0 Å². The van der Waals surface area contributed by atoms with Gasteiger partial charge in [0.15, 0.2) is 0 Å². The molecule has 1 aromatic rings. The molecule has 0 saturated heterocycles. The largest absolute Gasteiger partial charge is 0.350 e. The highest BCUT2D eigenvalue weighted by molar-refractivity contribution is 7.89. The fourth-order valence-corrected chi connectivity index (χ4v) is 4.61. The molecule has 134 valence electrons. The smallest absolute Gasteiger partial charge is 0.241 e. The minimum absolute atomic E-state index is 0.138. The van der Waals surface area contributed by atoms with Crippen LogP contribution in [0, 0.1) is 0 Å². The third kappa shape index (κ3) is 4.55. The molecule has 0 bridgehead atoms. The zero-order valence-electron chi connectivity index (χ0n) is 14.6. The van der Waals surface area contributed by atoms with E-state index in [2.05, 4.69) is 10.0 Å². The van der Waals surface area contributed by atoms with E-state index in [0.717, 1.165) is 12.8 Å². The van der Waals surface area contributed by atoms with Gasteiger partial charge in [0.25, 0.3) is 0 Å². The standard InChI is InChI=1S/C17H27N3O3S/c1-16(2,3)20-24(22,23)14-9-5-4-8-13(14)12-19-15(21)17(18)10-6-7-11-17/h4-5,8-9,20H,6-7,10-12,18H2,1-3H3,(H,19,21). The number of hydrogen-bond donors (Lipinski definition) is 3. The predicted octanol–water partition coefficient (Wildman–Crippen LogP) is 1.65. The van der Waals surface area contributed by atoms with Gasteiger partial charge in [0.2, 0.25) is 15.9 Å². The average molecular weight is 353 g/mol.